The Hall–Kier alpha value is -0.0969. The maximum atomic E-state index is 4.93. The Morgan fingerprint density at radius 1 is 1.00 bits per heavy atom. The first-order chi connectivity index (χ1) is 7.86. The summed E-state index contributed by atoms with van der Waals surface area (Å²) in [5.41, 5.74) is 5.51. The minimum Gasteiger partial charge on any atom is -0.179 e. The van der Waals surface area contributed by atoms with Crippen molar-refractivity contribution < 1.29 is 20.8 Å². The molecule has 3 rings (SSSR count). The second kappa shape index (κ2) is 6.00. The van der Waals surface area contributed by atoms with Crippen LogP contribution in [0.3, 0.4) is 0 Å². The summed E-state index contributed by atoms with van der Waals surface area (Å²) in [5, 5.41) is 0. The topological polar surface area (TPSA) is 0 Å². The Morgan fingerprint density at radius 2 is 1.69 bits per heavy atom. The minimum atomic E-state index is -0.826. The molecule has 1 aliphatic rings. The smallest absolute Gasteiger partial charge is 0.0253 e. The van der Waals surface area contributed by atoms with Crippen molar-refractivity contribution >= 4 is 17.0 Å². The third kappa shape index (κ3) is 2.59. The molecule has 1 aliphatic carbocycles. The van der Waals surface area contributed by atoms with Gasteiger partial charge in [-0.3, -0.25) is 0 Å². The van der Waals surface area contributed by atoms with E-state index in [1.54, 1.807) is 0 Å². The molecule has 0 bridgehead atoms. The van der Waals surface area contributed by atoms with Crippen molar-refractivity contribution in [2.24, 2.45) is 0 Å². The Labute approximate surface area is 114 Å². The zero-order valence-electron chi connectivity index (χ0n) is 8.50. The molecule has 0 heterocycles. The monoisotopic (exact) mass is 325 g/mol. The van der Waals surface area contributed by atoms with E-state index in [2.05, 4.69) is 42.5 Å². The van der Waals surface area contributed by atoms with Crippen LogP contribution in [0, 0.1) is 6.07 Å². The zero-order chi connectivity index (χ0) is 11.4. The van der Waals surface area contributed by atoms with E-state index in [9.17, 15) is 0 Å². The van der Waals surface area contributed by atoms with E-state index in [1.165, 1.54) is 22.3 Å². The Kier molecular flexibility index (Phi) is 4.64. The van der Waals surface area contributed by atoms with Crippen LogP contribution in [-0.2, 0) is 27.3 Å². The summed E-state index contributed by atoms with van der Waals surface area (Å²) < 4.78 is 0. The zero-order valence-corrected chi connectivity index (χ0v) is 12.5. The van der Waals surface area contributed by atoms with Crippen LogP contribution in [0.1, 0.15) is 11.1 Å². The second-order valence-corrected chi connectivity index (χ2v) is 7.20. The van der Waals surface area contributed by atoms with Crippen molar-refractivity contribution in [3.63, 3.8) is 0 Å². The molecule has 0 saturated heterocycles. The van der Waals surface area contributed by atoms with Gasteiger partial charge in [-0.15, -0.1) is 5.56 Å². The molecule has 16 heavy (non-hydrogen) atoms. The van der Waals surface area contributed by atoms with Gasteiger partial charge in [-0.1, -0.05) is 35.4 Å². The second-order valence-electron chi connectivity index (χ2n) is 3.47. The molecule has 0 amide bonds. The third-order valence-corrected chi connectivity index (χ3v) is 2.62. The molecule has 0 atom stereocenters. The molecule has 80 valence electrons. The first-order valence-electron chi connectivity index (χ1n) is 4.91. The minimum absolute atomic E-state index is 0.826. The van der Waals surface area contributed by atoms with Gasteiger partial charge in [-0.2, -0.15) is 29.8 Å². The first-order valence-corrected chi connectivity index (χ1v) is 11.2. The van der Waals surface area contributed by atoms with Gasteiger partial charge in [0.05, 0.1) is 0 Å². The quantitative estimate of drug-likeness (QED) is 0.536. The summed E-state index contributed by atoms with van der Waals surface area (Å²) in [7, 11) is 9.87. The molecule has 3 heteroatoms. The molecule has 0 fully saturated rings. The van der Waals surface area contributed by atoms with Crippen LogP contribution in [0.5, 0.6) is 0 Å². The SMILES string of the molecule is [Cl][Zr][Cl].[c-]1cccc2c1Cc1ccccc1-2. The Morgan fingerprint density at radius 3 is 2.50 bits per heavy atom. The fraction of sp³-hybridized carbons (Fsp3) is 0.0769. The number of rotatable bonds is 0. The van der Waals surface area contributed by atoms with Gasteiger partial charge in [0.25, 0.3) is 0 Å². The largest absolute Gasteiger partial charge is 0.179 e. The van der Waals surface area contributed by atoms with Crippen molar-refractivity contribution in [2.75, 3.05) is 0 Å². The average Bonchev–Trinajstić information content (AvgIpc) is 2.68. The van der Waals surface area contributed by atoms with E-state index in [0.29, 0.717) is 0 Å². The molecule has 0 radical (unpaired) electrons. The van der Waals surface area contributed by atoms with E-state index >= 15 is 0 Å². The van der Waals surface area contributed by atoms with E-state index in [4.69, 9.17) is 17.0 Å². The van der Waals surface area contributed by atoms with Gasteiger partial charge in [0.1, 0.15) is 0 Å². The fourth-order valence-corrected chi connectivity index (χ4v) is 2.00. The van der Waals surface area contributed by atoms with Crippen molar-refractivity contribution in [3.8, 4) is 11.1 Å². The van der Waals surface area contributed by atoms with E-state index < -0.39 is 20.8 Å². The summed E-state index contributed by atoms with van der Waals surface area (Å²) in [6, 6.07) is 18.1. The van der Waals surface area contributed by atoms with E-state index in [-0.39, 0.29) is 0 Å². The number of benzene rings is 2. The van der Waals surface area contributed by atoms with Crippen LogP contribution in [0.15, 0.2) is 42.5 Å². The van der Waals surface area contributed by atoms with Gasteiger partial charge < -0.3 is 0 Å². The summed E-state index contributed by atoms with van der Waals surface area (Å²) in [5.74, 6) is 0. The Balaban J connectivity index is 0.000000292. The van der Waals surface area contributed by atoms with Crippen molar-refractivity contribution in [1.82, 2.24) is 0 Å². The number of hydrogen-bond donors (Lipinski definition) is 0. The molecule has 2 aromatic rings. The van der Waals surface area contributed by atoms with Gasteiger partial charge in [0, 0.05) is 0 Å². The van der Waals surface area contributed by atoms with Crippen molar-refractivity contribution in [2.45, 2.75) is 6.42 Å². The predicted octanol–water partition coefficient (Wildman–Crippen LogP) is 4.43. The van der Waals surface area contributed by atoms with Crippen molar-refractivity contribution in [3.05, 3.63) is 59.7 Å². The molecule has 0 unspecified atom stereocenters. The van der Waals surface area contributed by atoms with Gasteiger partial charge >= 0.3 is 37.9 Å². The first kappa shape index (κ1) is 12.4. The number of fused-ring (bicyclic) bond motifs is 3. The van der Waals surface area contributed by atoms with Gasteiger partial charge in [0.2, 0.25) is 0 Å². The average molecular weight is 327 g/mol. The standard InChI is InChI=1S/C13H9.2ClH.Zr/c1-3-7-12-10(5-1)9-11-6-2-4-8-13(11)12;;;/h1-5,7-8H,9H2;2*1H;/q-1;;;+2/p-2. The molecule has 0 spiro atoms. The van der Waals surface area contributed by atoms with Crippen LogP contribution in [0.4, 0.5) is 0 Å². The molecule has 2 aromatic carbocycles. The van der Waals surface area contributed by atoms with Gasteiger partial charge in [-0.05, 0) is 6.42 Å². The van der Waals surface area contributed by atoms with E-state index in [0.717, 1.165) is 6.42 Å². The van der Waals surface area contributed by atoms with Gasteiger partial charge in [0.15, 0.2) is 0 Å². The summed E-state index contributed by atoms with van der Waals surface area (Å²) in [6.07, 6.45) is 1.05. The predicted molar refractivity (Wildman–Crippen MR) is 65.2 cm³/mol. The van der Waals surface area contributed by atoms with Crippen LogP contribution < -0.4 is 0 Å². The molecule has 0 aromatic heterocycles. The molecular weight excluding hydrogens is 318 g/mol. The molecule has 0 nitrogen and oxygen atoms in total. The number of halogens is 2. The molecule has 0 saturated carbocycles. The van der Waals surface area contributed by atoms with Crippen LogP contribution >= 0.6 is 17.0 Å². The van der Waals surface area contributed by atoms with E-state index in [1.807, 2.05) is 6.07 Å². The normalized spacial score (nSPS) is 10.9. The summed E-state index contributed by atoms with van der Waals surface area (Å²) >= 11 is -0.826. The van der Waals surface area contributed by atoms with Gasteiger partial charge in [-0.25, -0.2) is 0 Å². The van der Waals surface area contributed by atoms with Crippen molar-refractivity contribution in [1.29, 1.82) is 0 Å². The summed E-state index contributed by atoms with van der Waals surface area (Å²) in [6.45, 7) is 0. The molecular formula is C13H9Cl2Zr-. The maximum Gasteiger partial charge on any atom is -0.0253 e. The molecule has 0 aliphatic heterocycles. The van der Waals surface area contributed by atoms with Crippen LogP contribution in [0.2, 0.25) is 0 Å². The van der Waals surface area contributed by atoms with Crippen LogP contribution in [0.25, 0.3) is 11.1 Å². The fourth-order valence-electron chi connectivity index (χ4n) is 2.00. The number of hydrogen-bond acceptors (Lipinski definition) is 0. The Bertz CT molecular complexity index is 439. The van der Waals surface area contributed by atoms with Crippen LogP contribution in [-0.4, -0.2) is 0 Å². The maximum absolute atomic E-state index is 4.93. The molecule has 0 N–H and O–H groups in total. The summed E-state index contributed by atoms with van der Waals surface area (Å²) in [4.78, 5) is 0. The third-order valence-electron chi connectivity index (χ3n) is 2.62.